The first kappa shape index (κ1) is 13.3. The number of halogens is 1. The molecule has 0 saturated heterocycles. The number of hydrogen-bond donors (Lipinski definition) is 1. The summed E-state index contributed by atoms with van der Waals surface area (Å²) in [6, 6.07) is 10.5. The Labute approximate surface area is 126 Å². The Morgan fingerprint density at radius 3 is 2.55 bits per heavy atom. The molecule has 0 saturated carbocycles. The molecule has 0 amide bonds. The summed E-state index contributed by atoms with van der Waals surface area (Å²) >= 11 is 3.53. The molecule has 0 unspecified atom stereocenters. The van der Waals surface area contributed by atoms with Crippen molar-refractivity contribution in [3.63, 3.8) is 0 Å². The van der Waals surface area contributed by atoms with E-state index in [-0.39, 0.29) is 0 Å². The zero-order valence-corrected chi connectivity index (χ0v) is 13.1. The Bertz CT molecular complexity index is 773. The largest absolute Gasteiger partial charge is 0.325 e. The highest BCUT2D eigenvalue weighted by Crippen LogP contribution is 2.27. The number of rotatable bonds is 2. The van der Waals surface area contributed by atoms with E-state index in [1.54, 1.807) is 0 Å². The van der Waals surface area contributed by atoms with Crippen LogP contribution in [0.2, 0.25) is 0 Å². The minimum atomic E-state index is 0.459. The molecule has 0 bridgehead atoms. The molecule has 3 nitrogen and oxygen atoms in total. The van der Waals surface area contributed by atoms with Crippen LogP contribution in [0.1, 0.15) is 16.8 Å². The third-order valence-electron chi connectivity index (χ3n) is 3.49. The van der Waals surface area contributed by atoms with Crippen molar-refractivity contribution in [3.05, 3.63) is 57.8 Å². The van der Waals surface area contributed by atoms with Crippen LogP contribution in [0.15, 0.2) is 41.0 Å². The number of fused-ring (bicyclic) bond motifs is 1. The Morgan fingerprint density at radius 2 is 1.90 bits per heavy atom. The van der Waals surface area contributed by atoms with Crippen LogP contribution in [0.25, 0.3) is 16.9 Å². The van der Waals surface area contributed by atoms with Crippen molar-refractivity contribution < 1.29 is 0 Å². The Balaban J connectivity index is 2.30. The van der Waals surface area contributed by atoms with Gasteiger partial charge in [-0.05, 0) is 41.4 Å². The molecule has 102 valence electrons. The molecule has 0 fully saturated rings. The highest BCUT2D eigenvalue weighted by Gasteiger charge is 2.14. The fraction of sp³-hybridized carbons (Fsp3) is 0.188. The predicted octanol–water partition coefficient (Wildman–Crippen LogP) is 3.84. The molecule has 0 aliphatic rings. The lowest BCUT2D eigenvalue weighted by Gasteiger charge is -2.04. The molecule has 4 heteroatoms. The summed E-state index contributed by atoms with van der Waals surface area (Å²) in [5.41, 5.74) is 12.4. The molecule has 0 aliphatic heterocycles. The van der Waals surface area contributed by atoms with Gasteiger partial charge in [0.25, 0.3) is 0 Å². The average Bonchev–Trinajstić information content (AvgIpc) is 2.78. The van der Waals surface area contributed by atoms with Crippen LogP contribution in [0.4, 0.5) is 0 Å². The van der Waals surface area contributed by atoms with Gasteiger partial charge in [0.05, 0.1) is 11.4 Å². The summed E-state index contributed by atoms with van der Waals surface area (Å²) < 4.78 is 3.11. The first-order valence-corrected chi connectivity index (χ1v) is 7.33. The monoisotopic (exact) mass is 329 g/mol. The van der Waals surface area contributed by atoms with Crippen LogP contribution < -0.4 is 5.73 Å². The molecular weight excluding hydrogens is 314 g/mol. The molecular formula is C16H16BrN3. The molecule has 3 rings (SSSR count). The maximum atomic E-state index is 5.95. The van der Waals surface area contributed by atoms with Gasteiger partial charge in [0.1, 0.15) is 5.65 Å². The topological polar surface area (TPSA) is 43.3 Å². The second kappa shape index (κ2) is 5.04. The number of nitrogens with two attached hydrogens (primary N) is 1. The fourth-order valence-corrected chi connectivity index (χ4v) is 3.00. The van der Waals surface area contributed by atoms with Crippen molar-refractivity contribution in [1.82, 2.24) is 9.38 Å². The van der Waals surface area contributed by atoms with Crippen LogP contribution in [-0.2, 0) is 6.54 Å². The number of imidazole rings is 1. The summed E-state index contributed by atoms with van der Waals surface area (Å²) in [4.78, 5) is 4.79. The lowest BCUT2D eigenvalue weighted by molar-refractivity contribution is 0.956. The third kappa shape index (κ3) is 2.15. The van der Waals surface area contributed by atoms with E-state index in [1.165, 1.54) is 5.56 Å². The molecule has 0 spiro atoms. The van der Waals surface area contributed by atoms with Crippen LogP contribution in [0.5, 0.6) is 0 Å². The van der Waals surface area contributed by atoms with Crippen LogP contribution >= 0.6 is 15.9 Å². The van der Waals surface area contributed by atoms with Crippen LogP contribution in [0, 0.1) is 13.8 Å². The molecule has 1 aromatic carbocycles. The van der Waals surface area contributed by atoms with Crippen molar-refractivity contribution >= 4 is 21.6 Å². The molecule has 20 heavy (non-hydrogen) atoms. The number of aryl methyl sites for hydroxylation is 2. The van der Waals surface area contributed by atoms with E-state index in [0.29, 0.717) is 6.54 Å². The van der Waals surface area contributed by atoms with Crippen molar-refractivity contribution in [2.75, 3.05) is 0 Å². The van der Waals surface area contributed by atoms with E-state index in [2.05, 4.69) is 64.5 Å². The van der Waals surface area contributed by atoms with E-state index in [0.717, 1.165) is 32.6 Å². The van der Waals surface area contributed by atoms with Gasteiger partial charge in [0.15, 0.2) is 0 Å². The Hall–Kier alpha value is -1.65. The van der Waals surface area contributed by atoms with Crippen molar-refractivity contribution in [2.45, 2.75) is 20.4 Å². The quantitative estimate of drug-likeness (QED) is 0.776. The normalized spacial score (nSPS) is 11.2. The van der Waals surface area contributed by atoms with E-state index in [1.807, 2.05) is 6.20 Å². The summed E-state index contributed by atoms with van der Waals surface area (Å²) in [7, 11) is 0. The number of pyridine rings is 1. The van der Waals surface area contributed by atoms with Crippen LogP contribution in [-0.4, -0.2) is 9.38 Å². The molecule has 0 aliphatic carbocycles. The number of benzene rings is 1. The van der Waals surface area contributed by atoms with Gasteiger partial charge in [-0.25, -0.2) is 4.98 Å². The van der Waals surface area contributed by atoms with Gasteiger partial charge >= 0.3 is 0 Å². The number of aromatic nitrogens is 2. The standard InChI is InChI=1S/C16H16BrN3/c1-10-3-5-12(6-4-10)15-14(8-18)20-9-13(17)7-11(2)16(20)19-15/h3-7,9H,8,18H2,1-2H3. The lowest BCUT2D eigenvalue weighted by Crippen LogP contribution is -2.03. The van der Waals surface area contributed by atoms with E-state index >= 15 is 0 Å². The van der Waals surface area contributed by atoms with Gasteiger partial charge < -0.3 is 10.1 Å². The summed E-state index contributed by atoms with van der Waals surface area (Å²) in [5, 5.41) is 0. The first-order valence-electron chi connectivity index (χ1n) is 6.54. The van der Waals surface area contributed by atoms with Gasteiger partial charge in [-0.1, -0.05) is 29.8 Å². The SMILES string of the molecule is Cc1ccc(-c2nc3c(C)cc(Br)cn3c2CN)cc1. The Kier molecular flexibility index (Phi) is 3.36. The summed E-state index contributed by atoms with van der Waals surface area (Å²) in [5.74, 6) is 0. The molecule has 0 atom stereocenters. The second-order valence-electron chi connectivity index (χ2n) is 5.01. The molecule has 2 heterocycles. The zero-order chi connectivity index (χ0) is 14.3. The smallest absolute Gasteiger partial charge is 0.140 e. The van der Waals surface area contributed by atoms with Gasteiger partial charge in [-0.15, -0.1) is 0 Å². The summed E-state index contributed by atoms with van der Waals surface area (Å²) in [6.45, 7) is 4.60. The highest BCUT2D eigenvalue weighted by molar-refractivity contribution is 9.10. The van der Waals surface area contributed by atoms with E-state index in [9.17, 15) is 0 Å². The van der Waals surface area contributed by atoms with Gasteiger partial charge in [0.2, 0.25) is 0 Å². The van der Waals surface area contributed by atoms with Gasteiger partial charge in [-0.2, -0.15) is 0 Å². The lowest BCUT2D eigenvalue weighted by atomic mass is 10.1. The maximum Gasteiger partial charge on any atom is 0.140 e. The van der Waals surface area contributed by atoms with E-state index in [4.69, 9.17) is 10.7 Å². The van der Waals surface area contributed by atoms with Gasteiger partial charge in [0, 0.05) is 22.8 Å². The van der Waals surface area contributed by atoms with Crippen molar-refractivity contribution in [2.24, 2.45) is 5.73 Å². The zero-order valence-electron chi connectivity index (χ0n) is 11.5. The molecule has 0 radical (unpaired) electrons. The maximum absolute atomic E-state index is 5.95. The second-order valence-corrected chi connectivity index (χ2v) is 5.93. The molecule has 2 N–H and O–H groups in total. The van der Waals surface area contributed by atoms with E-state index < -0.39 is 0 Å². The minimum absolute atomic E-state index is 0.459. The predicted molar refractivity (Wildman–Crippen MR) is 85.7 cm³/mol. The molecule has 3 aromatic rings. The number of nitrogens with zero attached hydrogens (tertiary/aromatic N) is 2. The highest BCUT2D eigenvalue weighted by atomic mass is 79.9. The first-order chi connectivity index (χ1) is 9.60. The Morgan fingerprint density at radius 1 is 1.20 bits per heavy atom. The average molecular weight is 330 g/mol. The fourth-order valence-electron chi connectivity index (χ4n) is 2.45. The van der Waals surface area contributed by atoms with Crippen molar-refractivity contribution in [3.8, 4) is 11.3 Å². The van der Waals surface area contributed by atoms with Crippen molar-refractivity contribution in [1.29, 1.82) is 0 Å². The summed E-state index contributed by atoms with van der Waals surface area (Å²) in [6.07, 6.45) is 2.02. The number of hydrogen-bond acceptors (Lipinski definition) is 2. The molecule has 2 aromatic heterocycles. The third-order valence-corrected chi connectivity index (χ3v) is 3.92. The minimum Gasteiger partial charge on any atom is -0.325 e. The van der Waals surface area contributed by atoms with Crippen LogP contribution in [0.3, 0.4) is 0 Å². The van der Waals surface area contributed by atoms with Gasteiger partial charge in [-0.3, -0.25) is 0 Å².